The van der Waals surface area contributed by atoms with E-state index in [1.54, 1.807) is 43.7 Å². The summed E-state index contributed by atoms with van der Waals surface area (Å²) >= 11 is 0. The summed E-state index contributed by atoms with van der Waals surface area (Å²) < 4.78 is 23.5. The van der Waals surface area contributed by atoms with E-state index in [1.807, 2.05) is 0 Å². The molecule has 107 valence electrons. The van der Waals surface area contributed by atoms with Crippen molar-refractivity contribution in [2.75, 3.05) is 14.2 Å². The van der Waals surface area contributed by atoms with E-state index >= 15 is 0 Å². The van der Waals surface area contributed by atoms with Gasteiger partial charge in [-0.2, -0.15) is 0 Å². The largest absolute Gasteiger partial charge is 0.493 e. The van der Waals surface area contributed by atoms with Gasteiger partial charge in [0.25, 0.3) is 0 Å². The third-order valence-corrected chi connectivity index (χ3v) is 3.05. The number of benzene rings is 2. The molecule has 0 aliphatic rings. The van der Waals surface area contributed by atoms with Crippen molar-refractivity contribution in [3.8, 4) is 11.5 Å². The van der Waals surface area contributed by atoms with Gasteiger partial charge in [0.05, 0.1) is 14.2 Å². The van der Waals surface area contributed by atoms with E-state index < -0.39 is 0 Å². The summed E-state index contributed by atoms with van der Waals surface area (Å²) in [5, 5.41) is 0. The van der Waals surface area contributed by atoms with Crippen molar-refractivity contribution in [1.29, 1.82) is 0 Å². The maximum atomic E-state index is 13.0. The number of rotatable bonds is 5. The van der Waals surface area contributed by atoms with Gasteiger partial charge >= 0.3 is 0 Å². The average molecular weight is 285 g/mol. The second-order valence-corrected chi connectivity index (χ2v) is 4.25. The topological polar surface area (TPSA) is 35.5 Å². The molecule has 1 radical (unpaired) electrons. The van der Waals surface area contributed by atoms with Gasteiger partial charge in [-0.25, -0.2) is 4.39 Å². The summed E-state index contributed by atoms with van der Waals surface area (Å²) in [4.78, 5) is 10.8. The second-order valence-electron chi connectivity index (χ2n) is 4.25. The highest BCUT2D eigenvalue weighted by Gasteiger charge is 2.10. The van der Waals surface area contributed by atoms with Crippen LogP contribution in [0.25, 0.3) is 5.57 Å². The Morgan fingerprint density at radius 2 is 1.62 bits per heavy atom. The summed E-state index contributed by atoms with van der Waals surface area (Å²) in [5.74, 6) is 0.809. The summed E-state index contributed by atoms with van der Waals surface area (Å²) in [6.45, 7) is 0. The zero-order valence-electron chi connectivity index (χ0n) is 11.7. The predicted molar refractivity (Wildman–Crippen MR) is 78.7 cm³/mol. The van der Waals surface area contributed by atoms with Crippen LogP contribution in [0.5, 0.6) is 11.5 Å². The highest BCUT2D eigenvalue weighted by Crippen LogP contribution is 2.32. The molecule has 2 rings (SSSR count). The van der Waals surface area contributed by atoms with Gasteiger partial charge in [-0.1, -0.05) is 18.2 Å². The molecule has 4 heteroatoms. The molecule has 0 spiro atoms. The second kappa shape index (κ2) is 6.70. The Bertz CT molecular complexity index is 660. The minimum absolute atomic E-state index is 0.333. The fourth-order valence-electron chi connectivity index (χ4n) is 2.03. The number of allylic oxidation sites excluding steroid dienone is 1. The first-order chi connectivity index (χ1) is 10.2. The van der Waals surface area contributed by atoms with Gasteiger partial charge in [-0.05, 0) is 47.0 Å². The SMILES string of the molecule is COc1ccc(C(=C[C]=O)c2ccc(F)cc2)cc1OC. The molecule has 0 atom stereocenters. The number of carbonyl (C=O) groups excluding carboxylic acids is 1. The van der Waals surface area contributed by atoms with Crippen LogP contribution in [0.2, 0.25) is 0 Å². The number of hydrogen-bond donors (Lipinski definition) is 0. The quantitative estimate of drug-likeness (QED) is 0.790. The van der Waals surface area contributed by atoms with Gasteiger partial charge in [0, 0.05) is 0 Å². The normalized spacial score (nSPS) is 11.1. The van der Waals surface area contributed by atoms with Crippen molar-refractivity contribution in [1.82, 2.24) is 0 Å². The van der Waals surface area contributed by atoms with Crippen molar-refractivity contribution in [2.45, 2.75) is 0 Å². The fraction of sp³-hybridized carbons (Fsp3) is 0.118. The van der Waals surface area contributed by atoms with Crippen LogP contribution >= 0.6 is 0 Å². The first-order valence-electron chi connectivity index (χ1n) is 6.25. The highest BCUT2D eigenvalue weighted by molar-refractivity contribution is 5.90. The van der Waals surface area contributed by atoms with E-state index in [-0.39, 0.29) is 5.82 Å². The molecule has 0 amide bonds. The first-order valence-corrected chi connectivity index (χ1v) is 6.25. The molecule has 0 saturated heterocycles. The van der Waals surface area contributed by atoms with Crippen LogP contribution in [0.15, 0.2) is 48.5 Å². The third-order valence-electron chi connectivity index (χ3n) is 3.05. The maximum absolute atomic E-state index is 13.0. The van der Waals surface area contributed by atoms with E-state index in [2.05, 4.69) is 0 Å². The molecular formula is C17H14FO3. The van der Waals surface area contributed by atoms with Gasteiger partial charge in [0.2, 0.25) is 6.29 Å². The van der Waals surface area contributed by atoms with Gasteiger partial charge < -0.3 is 9.47 Å². The third kappa shape index (κ3) is 3.28. The minimum atomic E-state index is -0.333. The minimum Gasteiger partial charge on any atom is -0.493 e. The molecule has 0 heterocycles. The van der Waals surface area contributed by atoms with E-state index in [1.165, 1.54) is 25.3 Å². The molecule has 0 N–H and O–H groups in total. The molecular weight excluding hydrogens is 271 g/mol. The lowest BCUT2D eigenvalue weighted by atomic mass is 9.97. The number of halogens is 1. The molecule has 0 aliphatic heterocycles. The monoisotopic (exact) mass is 285 g/mol. The maximum Gasteiger partial charge on any atom is 0.226 e. The van der Waals surface area contributed by atoms with E-state index in [0.717, 1.165) is 5.56 Å². The fourth-order valence-corrected chi connectivity index (χ4v) is 2.03. The van der Waals surface area contributed by atoms with Gasteiger partial charge in [-0.15, -0.1) is 0 Å². The Morgan fingerprint density at radius 1 is 1.00 bits per heavy atom. The first kappa shape index (κ1) is 14.8. The Labute approximate surface area is 122 Å². The molecule has 0 aromatic heterocycles. The lowest BCUT2D eigenvalue weighted by Gasteiger charge is -2.12. The van der Waals surface area contributed by atoms with Crippen molar-refractivity contribution in [3.05, 3.63) is 65.5 Å². The molecule has 0 bridgehead atoms. The van der Waals surface area contributed by atoms with Crippen molar-refractivity contribution in [2.24, 2.45) is 0 Å². The predicted octanol–water partition coefficient (Wildman–Crippen LogP) is 3.38. The van der Waals surface area contributed by atoms with Crippen molar-refractivity contribution in [3.63, 3.8) is 0 Å². The number of ether oxygens (including phenoxy) is 2. The summed E-state index contributed by atoms with van der Waals surface area (Å²) in [5.41, 5.74) is 2.10. The Hall–Kier alpha value is -2.62. The van der Waals surface area contributed by atoms with Crippen LogP contribution in [0.3, 0.4) is 0 Å². The van der Waals surface area contributed by atoms with E-state index in [0.29, 0.717) is 22.6 Å². The molecule has 0 saturated carbocycles. The summed E-state index contributed by atoms with van der Waals surface area (Å²) in [6, 6.07) is 11.2. The summed E-state index contributed by atoms with van der Waals surface area (Å²) in [6.07, 6.45) is 3.08. The highest BCUT2D eigenvalue weighted by atomic mass is 19.1. The number of methoxy groups -OCH3 is 2. The molecule has 0 aliphatic carbocycles. The van der Waals surface area contributed by atoms with E-state index in [4.69, 9.17) is 9.47 Å². The van der Waals surface area contributed by atoms with E-state index in [9.17, 15) is 9.18 Å². The average Bonchev–Trinajstić information content (AvgIpc) is 2.53. The number of hydrogen-bond acceptors (Lipinski definition) is 3. The lowest BCUT2D eigenvalue weighted by Crippen LogP contribution is -1.94. The van der Waals surface area contributed by atoms with Crippen molar-refractivity contribution < 1.29 is 18.7 Å². The Balaban J connectivity index is 2.51. The van der Waals surface area contributed by atoms with Gasteiger partial charge in [0.1, 0.15) is 5.82 Å². The molecule has 0 unspecified atom stereocenters. The molecule has 3 nitrogen and oxygen atoms in total. The van der Waals surface area contributed by atoms with Crippen molar-refractivity contribution >= 4 is 11.9 Å². The van der Waals surface area contributed by atoms with Crippen LogP contribution in [0, 0.1) is 5.82 Å². The lowest BCUT2D eigenvalue weighted by molar-refractivity contribution is 0.355. The van der Waals surface area contributed by atoms with Gasteiger partial charge in [0.15, 0.2) is 11.5 Å². The molecule has 2 aromatic carbocycles. The van der Waals surface area contributed by atoms with Gasteiger partial charge in [-0.3, -0.25) is 4.79 Å². The van der Waals surface area contributed by atoms with Crippen LogP contribution in [-0.4, -0.2) is 20.5 Å². The smallest absolute Gasteiger partial charge is 0.226 e. The zero-order valence-corrected chi connectivity index (χ0v) is 11.7. The Kier molecular flexibility index (Phi) is 4.72. The van der Waals surface area contributed by atoms with Crippen LogP contribution in [0.4, 0.5) is 4.39 Å². The molecule has 2 aromatic rings. The standard InChI is InChI=1S/C17H14FO3/c1-20-16-8-5-13(11-17(16)21-2)15(9-10-19)12-3-6-14(18)7-4-12/h3-9,11H,1-2H3. The van der Waals surface area contributed by atoms with Crippen LogP contribution in [0.1, 0.15) is 11.1 Å². The van der Waals surface area contributed by atoms with Crippen LogP contribution < -0.4 is 9.47 Å². The zero-order chi connectivity index (χ0) is 15.2. The van der Waals surface area contributed by atoms with Crippen LogP contribution in [-0.2, 0) is 4.79 Å². The Morgan fingerprint density at radius 3 is 2.19 bits per heavy atom. The summed E-state index contributed by atoms with van der Waals surface area (Å²) in [7, 11) is 3.09. The molecule has 0 fully saturated rings. The molecule has 21 heavy (non-hydrogen) atoms.